The van der Waals surface area contributed by atoms with E-state index in [1.54, 1.807) is 29.2 Å². The third-order valence-electron chi connectivity index (χ3n) is 4.72. The van der Waals surface area contributed by atoms with Gasteiger partial charge >= 0.3 is 0 Å². The van der Waals surface area contributed by atoms with E-state index in [-0.39, 0.29) is 17.8 Å². The Balaban J connectivity index is 1.41. The molecule has 9 heteroatoms. The molecule has 1 aromatic carbocycles. The minimum absolute atomic E-state index is 0.0760. The van der Waals surface area contributed by atoms with E-state index < -0.39 is 0 Å². The lowest BCUT2D eigenvalue weighted by Crippen LogP contribution is -2.44. The molecule has 1 aliphatic heterocycles. The fraction of sp³-hybridized carbons (Fsp3) is 0.263. The summed E-state index contributed by atoms with van der Waals surface area (Å²) in [5, 5.41) is 10.3. The summed E-state index contributed by atoms with van der Waals surface area (Å²) in [6.07, 6.45) is 5.29. The van der Waals surface area contributed by atoms with Crippen molar-refractivity contribution < 1.29 is 9.18 Å². The topological polar surface area (TPSA) is 88.0 Å². The van der Waals surface area contributed by atoms with Crippen molar-refractivity contribution >= 4 is 23.4 Å². The van der Waals surface area contributed by atoms with Gasteiger partial charge in [0.05, 0.1) is 18.9 Å². The molecular formula is C19H20FN7O. The number of nitrogens with zero attached hydrogens (tertiary/aromatic N) is 5. The Morgan fingerprint density at radius 3 is 2.79 bits per heavy atom. The Morgan fingerprint density at radius 1 is 1.21 bits per heavy atom. The van der Waals surface area contributed by atoms with Crippen molar-refractivity contribution in [3.8, 4) is 0 Å². The zero-order valence-electron chi connectivity index (χ0n) is 15.6. The van der Waals surface area contributed by atoms with Gasteiger partial charge in [0.15, 0.2) is 5.82 Å². The van der Waals surface area contributed by atoms with Crippen molar-refractivity contribution in [3.05, 3.63) is 59.8 Å². The summed E-state index contributed by atoms with van der Waals surface area (Å²) < 4.78 is 14.8. The van der Waals surface area contributed by atoms with Gasteiger partial charge in [-0.2, -0.15) is 10.1 Å². The molecule has 0 unspecified atom stereocenters. The number of likely N-dealkylation sites (N-methyl/N-ethyl adjacent to an activating group) is 1. The summed E-state index contributed by atoms with van der Waals surface area (Å²) >= 11 is 0. The fourth-order valence-electron chi connectivity index (χ4n) is 2.95. The maximum atomic E-state index is 13.0. The molecule has 2 aromatic heterocycles. The van der Waals surface area contributed by atoms with Crippen LogP contribution in [-0.4, -0.2) is 38.7 Å². The van der Waals surface area contributed by atoms with Gasteiger partial charge in [-0.25, -0.2) is 9.37 Å². The Labute approximate surface area is 161 Å². The number of halogens is 1. The van der Waals surface area contributed by atoms with Crippen LogP contribution in [0.5, 0.6) is 0 Å². The number of nitrogens with one attached hydrogen (secondary N) is 2. The summed E-state index contributed by atoms with van der Waals surface area (Å²) in [6, 6.07) is 6.07. The number of rotatable bonds is 5. The van der Waals surface area contributed by atoms with Crippen LogP contribution in [0.4, 0.5) is 21.8 Å². The van der Waals surface area contributed by atoms with Crippen LogP contribution in [0.2, 0.25) is 0 Å². The average Bonchev–Trinajstić information content (AvgIpc) is 3.14. The lowest BCUT2D eigenvalue weighted by atomic mass is 10.2. The van der Waals surface area contributed by atoms with E-state index in [0.29, 0.717) is 30.5 Å². The molecule has 2 N–H and O–H groups in total. The molecule has 4 rings (SSSR count). The molecule has 0 radical (unpaired) electrons. The predicted molar refractivity (Wildman–Crippen MR) is 104 cm³/mol. The maximum absolute atomic E-state index is 13.0. The Bertz CT molecular complexity index is 1000. The first-order valence-corrected chi connectivity index (χ1v) is 8.90. The van der Waals surface area contributed by atoms with Gasteiger partial charge in [0.25, 0.3) is 0 Å². The summed E-state index contributed by atoms with van der Waals surface area (Å²) in [7, 11) is 1.83. The van der Waals surface area contributed by atoms with Gasteiger partial charge in [-0.15, -0.1) is 0 Å². The summed E-state index contributed by atoms with van der Waals surface area (Å²) in [5.74, 6) is 0.823. The highest BCUT2D eigenvalue weighted by atomic mass is 19.1. The van der Waals surface area contributed by atoms with E-state index in [2.05, 4.69) is 25.7 Å². The molecule has 1 amide bonds. The molecule has 0 spiro atoms. The van der Waals surface area contributed by atoms with Gasteiger partial charge in [0.1, 0.15) is 17.5 Å². The zero-order valence-corrected chi connectivity index (χ0v) is 15.6. The third kappa shape index (κ3) is 3.64. The number of benzene rings is 1. The number of carbonyl (C=O) groups excluding carboxylic acids is 1. The van der Waals surface area contributed by atoms with E-state index in [4.69, 9.17) is 0 Å². The Kier molecular flexibility index (Phi) is 4.64. The van der Waals surface area contributed by atoms with Crippen LogP contribution in [0.15, 0.2) is 42.9 Å². The van der Waals surface area contributed by atoms with Gasteiger partial charge in [-0.05, 0) is 24.6 Å². The fourth-order valence-corrected chi connectivity index (χ4v) is 2.95. The van der Waals surface area contributed by atoms with Gasteiger partial charge in [0, 0.05) is 25.4 Å². The van der Waals surface area contributed by atoms with Crippen molar-refractivity contribution in [1.29, 1.82) is 0 Å². The average molecular weight is 381 g/mol. The second-order valence-corrected chi connectivity index (χ2v) is 6.73. The minimum atomic E-state index is -0.292. The van der Waals surface area contributed by atoms with Gasteiger partial charge in [-0.1, -0.05) is 12.1 Å². The van der Waals surface area contributed by atoms with Crippen molar-refractivity contribution in [2.75, 3.05) is 22.6 Å². The molecular weight excluding hydrogens is 361 g/mol. The molecule has 1 atom stereocenters. The van der Waals surface area contributed by atoms with Crippen LogP contribution in [0.25, 0.3) is 0 Å². The largest absolute Gasteiger partial charge is 0.350 e. The molecule has 1 aliphatic rings. The number of hydrogen-bond acceptors (Lipinski definition) is 6. The smallest absolute Gasteiger partial charge is 0.246 e. The predicted octanol–water partition coefficient (Wildman–Crippen LogP) is 2.25. The standard InChI is InChI=1S/C19H20FN7O/c1-12-18(28)24-16-9-22-19(25-17(16)26(12)2)21-7-14-8-23-27(11-14)10-13-3-5-15(20)6-4-13/h3-6,8-9,11-12H,7,10H2,1-2H3,(H,24,28)(H,21,22,25)/t12-/m0/s1. The summed E-state index contributed by atoms with van der Waals surface area (Å²) in [5.41, 5.74) is 2.54. The van der Waals surface area contributed by atoms with Crippen LogP contribution in [-0.2, 0) is 17.9 Å². The highest BCUT2D eigenvalue weighted by molar-refractivity contribution is 6.02. The van der Waals surface area contributed by atoms with Crippen molar-refractivity contribution in [1.82, 2.24) is 19.7 Å². The molecule has 3 heterocycles. The molecule has 144 valence electrons. The number of hydrogen-bond donors (Lipinski definition) is 2. The highest BCUT2D eigenvalue weighted by Crippen LogP contribution is 2.28. The minimum Gasteiger partial charge on any atom is -0.350 e. The first kappa shape index (κ1) is 17.9. The number of amides is 1. The SMILES string of the molecule is C[C@H]1C(=O)Nc2cnc(NCc3cnn(Cc4ccc(F)cc4)c3)nc2N1C. The van der Waals surface area contributed by atoms with E-state index in [1.165, 1.54) is 12.1 Å². The molecule has 3 aromatic rings. The lowest BCUT2D eigenvalue weighted by molar-refractivity contribution is -0.117. The van der Waals surface area contributed by atoms with Gasteiger partial charge < -0.3 is 15.5 Å². The van der Waals surface area contributed by atoms with E-state index in [9.17, 15) is 9.18 Å². The van der Waals surface area contributed by atoms with Crippen LogP contribution < -0.4 is 15.5 Å². The Morgan fingerprint density at radius 2 is 2.00 bits per heavy atom. The normalized spacial score (nSPS) is 15.9. The van der Waals surface area contributed by atoms with Gasteiger partial charge in [-0.3, -0.25) is 9.48 Å². The molecule has 0 bridgehead atoms. The highest BCUT2D eigenvalue weighted by Gasteiger charge is 2.28. The van der Waals surface area contributed by atoms with Crippen molar-refractivity contribution in [2.45, 2.75) is 26.1 Å². The quantitative estimate of drug-likeness (QED) is 0.705. The first-order valence-electron chi connectivity index (χ1n) is 8.90. The summed E-state index contributed by atoms with van der Waals surface area (Å²) in [6.45, 7) is 2.90. The first-order chi connectivity index (χ1) is 13.5. The second-order valence-electron chi connectivity index (χ2n) is 6.73. The second kappa shape index (κ2) is 7.26. The number of anilines is 3. The van der Waals surface area contributed by atoms with E-state index in [1.807, 2.05) is 25.1 Å². The molecule has 0 fully saturated rings. The monoisotopic (exact) mass is 381 g/mol. The molecule has 0 aliphatic carbocycles. The third-order valence-corrected chi connectivity index (χ3v) is 4.72. The number of aromatic nitrogens is 4. The zero-order chi connectivity index (χ0) is 19.7. The van der Waals surface area contributed by atoms with Gasteiger partial charge in [0.2, 0.25) is 11.9 Å². The van der Waals surface area contributed by atoms with Crippen molar-refractivity contribution in [3.63, 3.8) is 0 Å². The van der Waals surface area contributed by atoms with Crippen molar-refractivity contribution in [2.24, 2.45) is 0 Å². The molecule has 8 nitrogen and oxygen atoms in total. The Hall–Kier alpha value is -3.49. The number of carbonyl (C=O) groups is 1. The lowest BCUT2D eigenvalue weighted by Gasteiger charge is -2.31. The molecule has 0 saturated carbocycles. The van der Waals surface area contributed by atoms with Crippen LogP contribution in [0.3, 0.4) is 0 Å². The van der Waals surface area contributed by atoms with E-state index >= 15 is 0 Å². The molecule has 28 heavy (non-hydrogen) atoms. The van der Waals surface area contributed by atoms with Crippen LogP contribution in [0, 0.1) is 5.82 Å². The van der Waals surface area contributed by atoms with E-state index in [0.717, 1.165) is 11.1 Å². The van der Waals surface area contributed by atoms with Crippen LogP contribution in [0.1, 0.15) is 18.1 Å². The molecule has 0 saturated heterocycles. The maximum Gasteiger partial charge on any atom is 0.246 e. The van der Waals surface area contributed by atoms with Crippen LogP contribution >= 0.6 is 0 Å². The summed E-state index contributed by atoms with van der Waals surface area (Å²) in [4.78, 5) is 22.4. The number of fused-ring (bicyclic) bond motifs is 1.